The fraction of sp³-hybridized carbons (Fsp3) is 0.320. The predicted octanol–water partition coefficient (Wildman–Crippen LogP) is 4.42. The van der Waals surface area contributed by atoms with E-state index in [4.69, 9.17) is 0 Å². The molecule has 3 aromatic heterocycles. The van der Waals surface area contributed by atoms with Gasteiger partial charge in [-0.05, 0) is 61.1 Å². The number of nitrogens with one attached hydrogen (secondary N) is 1. The summed E-state index contributed by atoms with van der Waals surface area (Å²) in [5.41, 5.74) is 4.72. The minimum Gasteiger partial charge on any atom is -0.349 e. The molecule has 0 aliphatic heterocycles. The second kappa shape index (κ2) is 7.89. The average molecular weight is 432 g/mol. The van der Waals surface area contributed by atoms with E-state index in [1.165, 1.54) is 12.1 Å². The largest absolute Gasteiger partial charge is 0.349 e. The summed E-state index contributed by atoms with van der Waals surface area (Å²) in [6.07, 6.45) is 8.41. The Hall–Kier alpha value is -3.48. The number of nitrogens with zero attached hydrogens (tertiary/aromatic N) is 4. The summed E-state index contributed by atoms with van der Waals surface area (Å²) in [6, 6.07) is 12.1. The molecule has 0 saturated carbocycles. The molecule has 6 nitrogen and oxygen atoms in total. The zero-order valence-electron chi connectivity index (χ0n) is 18.3. The summed E-state index contributed by atoms with van der Waals surface area (Å²) in [4.78, 5) is 17.4. The topological polar surface area (TPSA) is 64.2 Å². The number of benzene rings is 1. The molecule has 0 bridgehead atoms. The van der Waals surface area contributed by atoms with Crippen molar-refractivity contribution in [1.82, 2.24) is 24.5 Å². The number of pyridine rings is 1. The molecule has 32 heavy (non-hydrogen) atoms. The minimum atomic E-state index is -0.272. The fourth-order valence-corrected chi connectivity index (χ4v) is 4.59. The van der Waals surface area contributed by atoms with Crippen LogP contribution < -0.4 is 5.32 Å². The first-order chi connectivity index (χ1) is 15.4. The number of rotatable bonds is 5. The summed E-state index contributed by atoms with van der Waals surface area (Å²) in [6.45, 7) is 4.40. The van der Waals surface area contributed by atoms with Gasteiger partial charge in [-0.1, -0.05) is 19.9 Å². The zero-order chi connectivity index (χ0) is 22.3. The van der Waals surface area contributed by atoms with E-state index in [9.17, 15) is 9.18 Å². The van der Waals surface area contributed by atoms with E-state index in [-0.39, 0.29) is 23.2 Å². The van der Waals surface area contributed by atoms with Crippen molar-refractivity contribution in [3.05, 3.63) is 83.8 Å². The lowest BCUT2D eigenvalue weighted by Gasteiger charge is -2.36. The van der Waals surface area contributed by atoms with Crippen LogP contribution in [0.5, 0.6) is 0 Å². The van der Waals surface area contributed by atoms with Crippen molar-refractivity contribution in [2.75, 3.05) is 0 Å². The molecule has 1 aliphatic carbocycles. The van der Waals surface area contributed by atoms with Gasteiger partial charge < -0.3 is 9.72 Å². The van der Waals surface area contributed by atoms with Crippen LogP contribution in [0, 0.1) is 11.2 Å². The monoisotopic (exact) mass is 431 g/mol. The van der Waals surface area contributed by atoms with Crippen molar-refractivity contribution in [3.8, 4) is 5.69 Å². The molecule has 1 atom stereocenters. The summed E-state index contributed by atoms with van der Waals surface area (Å²) in [7, 11) is 0. The smallest absolute Gasteiger partial charge is 0.220 e. The molecule has 3 heterocycles. The highest BCUT2D eigenvalue weighted by Gasteiger charge is 2.36. The van der Waals surface area contributed by atoms with Crippen LogP contribution in [-0.2, 0) is 17.6 Å². The predicted molar refractivity (Wildman–Crippen MR) is 120 cm³/mol. The third-order valence-corrected chi connectivity index (χ3v) is 6.11. The highest BCUT2D eigenvalue weighted by Crippen LogP contribution is 2.41. The van der Waals surface area contributed by atoms with Gasteiger partial charge in [-0.25, -0.2) is 14.1 Å². The normalized spacial score (nSPS) is 17.3. The van der Waals surface area contributed by atoms with Gasteiger partial charge in [0.05, 0.1) is 29.3 Å². The van der Waals surface area contributed by atoms with Gasteiger partial charge in [0.2, 0.25) is 5.91 Å². The maximum atomic E-state index is 13.4. The standard InChI is InChI=1S/C25H26FN5O/c1-25(2)13-21(20-15-27-31(22(20)14-25)19-9-6-17(26)7-10-19)29-24(32)11-8-18-16-30-12-4-3-5-23(30)28-18/h3-7,9-10,12,15-16,21H,8,11,13-14H2,1-2H3,(H,29,32)/t21-/m0/s1. The molecule has 5 rings (SSSR count). The van der Waals surface area contributed by atoms with Crippen molar-refractivity contribution < 1.29 is 9.18 Å². The lowest BCUT2D eigenvalue weighted by atomic mass is 9.74. The van der Waals surface area contributed by atoms with Gasteiger partial charge in [-0.15, -0.1) is 0 Å². The minimum absolute atomic E-state index is 0.00432. The number of carbonyl (C=O) groups is 1. The third-order valence-electron chi connectivity index (χ3n) is 6.11. The molecule has 1 amide bonds. The quantitative estimate of drug-likeness (QED) is 0.509. The molecule has 1 aliphatic rings. The molecular weight excluding hydrogens is 405 g/mol. The Morgan fingerprint density at radius 2 is 2.03 bits per heavy atom. The maximum Gasteiger partial charge on any atom is 0.220 e. The van der Waals surface area contributed by atoms with E-state index in [0.29, 0.717) is 12.8 Å². The number of hydrogen-bond donors (Lipinski definition) is 1. The number of halogens is 1. The van der Waals surface area contributed by atoms with E-state index < -0.39 is 0 Å². The number of imidazole rings is 1. The molecule has 0 fully saturated rings. The lowest BCUT2D eigenvalue weighted by Crippen LogP contribution is -2.36. The molecular formula is C25H26FN5O. The Kier molecular flexibility index (Phi) is 5.04. The highest BCUT2D eigenvalue weighted by molar-refractivity contribution is 5.76. The summed E-state index contributed by atoms with van der Waals surface area (Å²) < 4.78 is 17.2. The summed E-state index contributed by atoms with van der Waals surface area (Å²) in [5.74, 6) is -0.268. The van der Waals surface area contributed by atoms with Gasteiger partial charge in [0.1, 0.15) is 11.5 Å². The number of hydrogen-bond acceptors (Lipinski definition) is 3. The molecule has 164 valence electrons. The molecule has 4 aromatic rings. The van der Waals surface area contributed by atoms with Crippen LogP contribution in [0.2, 0.25) is 0 Å². The molecule has 1 aromatic carbocycles. The Bertz CT molecular complexity index is 1240. The number of carbonyl (C=O) groups excluding carboxylic acids is 1. The van der Waals surface area contributed by atoms with Gasteiger partial charge in [0.25, 0.3) is 0 Å². The van der Waals surface area contributed by atoms with Crippen molar-refractivity contribution in [2.45, 2.75) is 45.6 Å². The van der Waals surface area contributed by atoms with Gasteiger partial charge in [0, 0.05) is 24.4 Å². The maximum absolute atomic E-state index is 13.4. The second-order valence-corrected chi connectivity index (χ2v) is 9.30. The van der Waals surface area contributed by atoms with E-state index in [2.05, 4.69) is 29.2 Å². The number of fused-ring (bicyclic) bond motifs is 2. The van der Waals surface area contributed by atoms with Crippen LogP contribution in [0.4, 0.5) is 4.39 Å². The van der Waals surface area contributed by atoms with E-state index in [0.717, 1.165) is 41.1 Å². The molecule has 1 N–H and O–H groups in total. The van der Waals surface area contributed by atoms with E-state index >= 15 is 0 Å². The van der Waals surface area contributed by atoms with Gasteiger partial charge >= 0.3 is 0 Å². The van der Waals surface area contributed by atoms with Crippen molar-refractivity contribution in [3.63, 3.8) is 0 Å². The van der Waals surface area contributed by atoms with Crippen LogP contribution in [0.15, 0.2) is 61.1 Å². The number of amides is 1. The van der Waals surface area contributed by atoms with Crippen LogP contribution in [0.1, 0.15) is 49.7 Å². The number of aromatic nitrogens is 4. The third kappa shape index (κ3) is 4.02. The first-order valence-corrected chi connectivity index (χ1v) is 10.9. The molecule has 7 heteroatoms. The SMILES string of the molecule is CC1(C)Cc2c(cnn2-c2ccc(F)cc2)[C@@H](NC(=O)CCc2cn3ccccc3n2)C1. The Morgan fingerprint density at radius 3 is 2.81 bits per heavy atom. The summed E-state index contributed by atoms with van der Waals surface area (Å²) in [5, 5.41) is 7.79. The molecule has 0 unspecified atom stereocenters. The number of aryl methyl sites for hydroxylation is 1. The molecule has 0 radical (unpaired) electrons. The zero-order valence-corrected chi connectivity index (χ0v) is 18.3. The Balaban J connectivity index is 1.32. The van der Waals surface area contributed by atoms with Crippen molar-refractivity contribution in [1.29, 1.82) is 0 Å². The van der Waals surface area contributed by atoms with Crippen LogP contribution >= 0.6 is 0 Å². The van der Waals surface area contributed by atoms with Crippen LogP contribution in [-0.4, -0.2) is 25.1 Å². The first kappa shape index (κ1) is 20.4. The first-order valence-electron chi connectivity index (χ1n) is 10.9. The fourth-order valence-electron chi connectivity index (χ4n) is 4.59. The van der Waals surface area contributed by atoms with Gasteiger partial charge in [-0.2, -0.15) is 5.10 Å². The van der Waals surface area contributed by atoms with Gasteiger partial charge in [0.15, 0.2) is 0 Å². The Morgan fingerprint density at radius 1 is 1.22 bits per heavy atom. The summed E-state index contributed by atoms with van der Waals surface area (Å²) >= 11 is 0. The average Bonchev–Trinajstić information content (AvgIpc) is 3.36. The van der Waals surface area contributed by atoms with E-state index in [1.807, 2.05) is 45.9 Å². The lowest BCUT2D eigenvalue weighted by molar-refractivity contribution is -0.122. The van der Waals surface area contributed by atoms with E-state index in [1.54, 1.807) is 12.1 Å². The van der Waals surface area contributed by atoms with Crippen LogP contribution in [0.25, 0.3) is 11.3 Å². The molecule has 0 saturated heterocycles. The van der Waals surface area contributed by atoms with Crippen molar-refractivity contribution in [2.24, 2.45) is 5.41 Å². The van der Waals surface area contributed by atoms with Gasteiger partial charge in [-0.3, -0.25) is 4.79 Å². The second-order valence-electron chi connectivity index (χ2n) is 9.30. The van der Waals surface area contributed by atoms with Crippen molar-refractivity contribution >= 4 is 11.6 Å². The molecule has 0 spiro atoms. The van der Waals surface area contributed by atoms with Crippen LogP contribution in [0.3, 0.4) is 0 Å². The Labute approximate surface area is 186 Å². The highest BCUT2D eigenvalue weighted by atomic mass is 19.1.